The van der Waals surface area contributed by atoms with Crippen LogP contribution in [-0.2, 0) is 11.3 Å². The summed E-state index contributed by atoms with van der Waals surface area (Å²) in [7, 11) is 0. The van der Waals surface area contributed by atoms with Crippen molar-refractivity contribution in [3.05, 3.63) is 64.1 Å². The Morgan fingerprint density at radius 3 is 2.52 bits per heavy atom. The number of rotatable bonds is 4. The Bertz CT molecular complexity index is 658. The summed E-state index contributed by atoms with van der Waals surface area (Å²) in [6.07, 6.45) is -0.709. The van der Waals surface area contributed by atoms with E-state index in [-0.39, 0.29) is 17.9 Å². The van der Waals surface area contributed by atoms with Crippen molar-refractivity contribution in [3.63, 3.8) is 0 Å². The second kappa shape index (κ2) is 6.90. The van der Waals surface area contributed by atoms with E-state index in [0.717, 1.165) is 5.56 Å². The third-order valence-corrected chi connectivity index (χ3v) is 3.15. The summed E-state index contributed by atoms with van der Waals surface area (Å²) in [4.78, 5) is 22.8. The van der Waals surface area contributed by atoms with Crippen molar-refractivity contribution in [3.8, 4) is 0 Å². The number of carbonyl (C=O) groups is 2. The zero-order chi connectivity index (χ0) is 15.2. The highest BCUT2D eigenvalue weighted by molar-refractivity contribution is 9.10. The Kier molecular flexibility index (Phi) is 4.94. The molecule has 0 aliphatic heterocycles. The van der Waals surface area contributed by atoms with Crippen LogP contribution in [0.2, 0.25) is 0 Å². The maximum atomic E-state index is 11.7. The van der Waals surface area contributed by atoms with Crippen molar-refractivity contribution in [1.29, 1.82) is 0 Å². The largest absolute Gasteiger partial charge is 0.478 e. The Balaban J connectivity index is 2.02. The van der Waals surface area contributed by atoms with Gasteiger partial charge in [0.15, 0.2) is 0 Å². The van der Waals surface area contributed by atoms with Gasteiger partial charge in [0, 0.05) is 4.47 Å². The van der Waals surface area contributed by atoms with Gasteiger partial charge in [0.05, 0.1) is 11.3 Å². The van der Waals surface area contributed by atoms with Crippen LogP contribution in [0.15, 0.2) is 53.0 Å². The van der Waals surface area contributed by atoms with Gasteiger partial charge >= 0.3 is 12.1 Å². The highest BCUT2D eigenvalue weighted by Crippen LogP contribution is 2.21. The first-order valence-corrected chi connectivity index (χ1v) is 6.86. The first-order valence-electron chi connectivity index (χ1n) is 6.07. The summed E-state index contributed by atoms with van der Waals surface area (Å²) in [5.41, 5.74) is 1.02. The van der Waals surface area contributed by atoms with Gasteiger partial charge in [-0.1, -0.05) is 46.3 Å². The monoisotopic (exact) mass is 349 g/mol. The van der Waals surface area contributed by atoms with Crippen molar-refractivity contribution in [2.75, 3.05) is 5.32 Å². The van der Waals surface area contributed by atoms with Gasteiger partial charge in [-0.25, -0.2) is 9.59 Å². The number of nitrogens with one attached hydrogen (secondary N) is 1. The summed E-state index contributed by atoms with van der Waals surface area (Å²) in [5.74, 6) is -1.12. The lowest BCUT2D eigenvalue weighted by molar-refractivity contribution is 0.0698. The van der Waals surface area contributed by atoms with Crippen molar-refractivity contribution >= 4 is 33.7 Å². The number of aromatic carboxylic acids is 1. The number of carboxylic acid groups (broad SMARTS) is 1. The summed E-state index contributed by atoms with van der Waals surface area (Å²) < 4.78 is 5.71. The standard InChI is InChI=1S/C15H12BrNO4/c16-11-6-7-12(14(18)19)13(8-11)17-15(20)21-9-10-4-2-1-3-5-10/h1-8H,9H2,(H,17,20)(H,18,19). The van der Waals surface area contributed by atoms with Crippen LogP contribution in [0.1, 0.15) is 15.9 Å². The lowest BCUT2D eigenvalue weighted by atomic mass is 10.2. The Hall–Kier alpha value is -2.34. The molecule has 0 aliphatic rings. The van der Waals surface area contributed by atoms with E-state index >= 15 is 0 Å². The zero-order valence-corrected chi connectivity index (χ0v) is 12.5. The average Bonchev–Trinajstić information content (AvgIpc) is 2.46. The molecule has 2 aromatic carbocycles. The van der Waals surface area contributed by atoms with Gasteiger partial charge in [-0.2, -0.15) is 0 Å². The number of ether oxygens (including phenoxy) is 1. The van der Waals surface area contributed by atoms with Gasteiger partial charge in [-0.05, 0) is 23.8 Å². The highest BCUT2D eigenvalue weighted by Gasteiger charge is 2.13. The topological polar surface area (TPSA) is 75.6 Å². The van der Waals surface area contributed by atoms with E-state index < -0.39 is 12.1 Å². The number of carboxylic acids is 1. The number of hydrogen-bond acceptors (Lipinski definition) is 3. The molecular formula is C15H12BrNO4. The smallest absolute Gasteiger partial charge is 0.411 e. The SMILES string of the molecule is O=C(Nc1cc(Br)ccc1C(=O)O)OCc1ccccc1. The van der Waals surface area contributed by atoms with Crippen molar-refractivity contribution in [1.82, 2.24) is 0 Å². The number of carbonyl (C=O) groups excluding carboxylic acids is 1. The fourth-order valence-electron chi connectivity index (χ4n) is 1.68. The molecule has 0 saturated heterocycles. The van der Waals surface area contributed by atoms with Crippen molar-refractivity contribution < 1.29 is 19.4 Å². The fraction of sp³-hybridized carbons (Fsp3) is 0.0667. The molecule has 2 aromatic rings. The van der Waals surface area contributed by atoms with Crippen LogP contribution < -0.4 is 5.32 Å². The number of hydrogen-bond donors (Lipinski definition) is 2. The van der Waals surface area contributed by atoms with E-state index in [0.29, 0.717) is 4.47 Å². The highest BCUT2D eigenvalue weighted by atomic mass is 79.9. The molecule has 21 heavy (non-hydrogen) atoms. The molecular weight excluding hydrogens is 338 g/mol. The Labute approximate surface area is 129 Å². The quantitative estimate of drug-likeness (QED) is 0.877. The molecule has 1 amide bonds. The number of amides is 1. The van der Waals surface area contributed by atoms with E-state index in [1.165, 1.54) is 12.1 Å². The lowest BCUT2D eigenvalue weighted by Gasteiger charge is -2.10. The molecule has 2 N–H and O–H groups in total. The van der Waals surface area contributed by atoms with Gasteiger partial charge in [-0.3, -0.25) is 5.32 Å². The molecule has 0 atom stereocenters. The molecule has 5 nitrogen and oxygen atoms in total. The third-order valence-electron chi connectivity index (χ3n) is 2.66. The molecule has 0 aromatic heterocycles. The van der Waals surface area contributed by atoms with Crippen LogP contribution in [0.3, 0.4) is 0 Å². The van der Waals surface area contributed by atoms with Crippen LogP contribution in [0.4, 0.5) is 10.5 Å². The van der Waals surface area contributed by atoms with Crippen LogP contribution in [-0.4, -0.2) is 17.2 Å². The van der Waals surface area contributed by atoms with Gasteiger partial charge in [0.2, 0.25) is 0 Å². The molecule has 2 rings (SSSR count). The zero-order valence-electron chi connectivity index (χ0n) is 10.9. The first-order chi connectivity index (χ1) is 10.1. The Morgan fingerprint density at radius 2 is 1.86 bits per heavy atom. The molecule has 0 heterocycles. The van der Waals surface area contributed by atoms with Gasteiger partial charge < -0.3 is 9.84 Å². The van der Waals surface area contributed by atoms with Crippen LogP contribution in [0.5, 0.6) is 0 Å². The number of anilines is 1. The molecule has 0 bridgehead atoms. The van der Waals surface area contributed by atoms with E-state index in [2.05, 4.69) is 21.2 Å². The minimum atomic E-state index is -1.12. The van der Waals surface area contributed by atoms with Gasteiger partial charge in [0.1, 0.15) is 6.61 Å². The molecule has 0 unspecified atom stereocenters. The predicted octanol–water partition coefficient (Wildman–Crippen LogP) is 3.90. The predicted molar refractivity (Wildman–Crippen MR) is 81.4 cm³/mol. The number of halogens is 1. The summed E-state index contributed by atoms with van der Waals surface area (Å²) in [6, 6.07) is 13.7. The van der Waals surface area contributed by atoms with E-state index in [9.17, 15) is 9.59 Å². The van der Waals surface area contributed by atoms with Crippen molar-refractivity contribution in [2.24, 2.45) is 0 Å². The average molecular weight is 350 g/mol. The van der Waals surface area contributed by atoms with E-state index in [4.69, 9.17) is 9.84 Å². The van der Waals surface area contributed by atoms with Gasteiger partial charge in [-0.15, -0.1) is 0 Å². The van der Waals surface area contributed by atoms with E-state index in [1.807, 2.05) is 30.3 Å². The molecule has 108 valence electrons. The Morgan fingerprint density at radius 1 is 1.14 bits per heavy atom. The molecule has 6 heteroatoms. The minimum Gasteiger partial charge on any atom is -0.478 e. The molecule has 0 spiro atoms. The van der Waals surface area contributed by atoms with Crippen LogP contribution >= 0.6 is 15.9 Å². The normalized spacial score (nSPS) is 9.95. The fourth-order valence-corrected chi connectivity index (χ4v) is 2.04. The van der Waals surface area contributed by atoms with Gasteiger partial charge in [0.25, 0.3) is 0 Å². The molecule has 0 radical (unpaired) electrons. The lowest BCUT2D eigenvalue weighted by Crippen LogP contribution is -2.16. The summed E-state index contributed by atoms with van der Waals surface area (Å²) >= 11 is 3.23. The van der Waals surface area contributed by atoms with E-state index in [1.54, 1.807) is 6.07 Å². The van der Waals surface area contributed by atoms with Crippen LogP contribution in [0.25, 0.3) is 0 Å². The molecule has 0 aliphatic carbocycles. The van der Waals surface area contributed by atoms with Crippen LogP contribution in [0, 0.1) is 0 Å². The third kappa shape index (κ3) is 4.32. The van der Waals surface area contributed by atoms with Crippen molar-refractivity contribution in [2.45, 2.75) is 6.61 Å². The second-order valence-corrected chi connectivity index (χ2v) is 5.10. The first kappa shape index (κ1) is 15.1. The summed E-state index contributed by atoms with van der Waals surface area (Å²) in [5, 5.41) is 11.5. The number of benzene rings is 2. The second-order valence-electron chi connectivity index (χ2n) is 4.18. The summed E-state index contributed by atoms with van der Waals surface area (Å²) in [6.45, 7) is 0.114. The minimum absolute atomic E-state index is 0.00476. The maximum absolute atomic E-state index is 11.7. The molecule has 0 saturated carbocycles. The maximum Gasteiger partial charge on any atom is 0.411 e. The molecule has 0 fully saturated rings.